The third-order valence-corrected chi connectivity index (χ3v) is 7.38. The molecular formula is C22H24N6O3S. The molecule has 0 saturated carbocycles. The van der Waals surface area contributed by atoms with Crippen molar-refractivity contribution in [3.8, 4) is 5.75 Å². The number of aryl methyl sites for hydroxylation is 1. The van der Waals surface area contributed by atoms with Gasteiger partial charge in [-0.15, -0.1) is 11.3 Å². The van der Waals surface area contributed by atoms with Gasteiger partial charge < -0.3 is 10.1 Å². The summed E-state index contributed by atoms with van der Waals surface area (Å²) in [7, 11) is 4.81. The van der Waals surface area contributed by atoms with E-state index in [1.54, 1.807) is 38.0 Å². The molecule has 1 atom stereocenters. The summed E-state index contributed by atoms with van der Waals surface area (Å²) in [5.74, 6) is 1.42. The number of nitrogens with zero attached hydrogens (tertiary/aromatic N) is 4. The van der Waals surface area contributed by atoms with Crippen LogP contribution in [0.3, 0.4) is 0 Å². The number of hydrogen-bond donors (Lipinski definition) is 2. The van der Waals surface area contributed by atoms with Gasteiger partial charge in [-0.05, 0) is 30.9 Å². The number of anilines is 2. The Hall–Kier alpha value is -3.24. The number of hydrogen-bond acceptors (Lipinski definition) is 8. The fraction of sp³-hybridized carbons (Fsp3) is 0.364. The number of ether oxygens (including phenoxy) is 1. The SMILES string of the molecule is COc1cc2[nH]ncc2cc1Nc1ncnc2sc3c(c12)CC[C@](C)(C(=O)N(C)OC)C3. The number of aromatic nitrogens is 4. The van der Waals surface area contributed by atoms with Crippen LogP contribution in [0.2, 0.25) is 0 Å². The van der Waals surface area contributed by atoms with Gasteiger partial charge >= 0.3 is 0 Å². The normalized spacial score (nSPS) is 18.0. The van der Waals surface area contributed by atoms with Gasteiger partial charge in [-0.25, -0.2) is 15.0 Å². The second-order valence-electron chi connectivity index (χ2n) is 8.26. The molecule has 0 spiro atoms. The lowest BCUT2D eigenvalue weighted by Gasteiger charge is -2.34. The summed E-state index contributed by atoms with van der Waals surface area (Å²) in [6, 6.07) is 3.90. The Morgan fingerprint density at radius 3 is 2.94 bits per heavy atom. The Labute approximate surface area is 188 Å². The van der Waals surface area contributed by atoms with Gasteiger partial charge in [0.15, 0.2) is 0 Å². The smallest absolute Gasteiger partial charge is 0.252 e. The van der Waals surface area contributed by atoms with E-state index >= 15 is 0 Å². The van der Waals surface area contributed by atoms with Gasteiger partial charge in [0, 0.05) is 23.4 Å². The van der Waals surface area contributed by atoms with Crippen molar-refractivity contribution in [3.05, 3.63) is 35.1 Å². The molecule has 0 aliphatic heterocycles. The van der Waals surface area contributed by atoms with Gasteiger partial charge in [0.25, 0.3) is 5.91 Å². The Kier molecular flexibility index (Phi) is 4.98. The third-order valence-electron chi connectivity index (χ3n) is 6.24. The maximum absolute atomic E-state index is 12.9. The molecule has 32 heavy (non-hydrogen) atoms. The minimum Gasteiger partial charge on any atom is -0.494 e. The van der Waals surface area contributed by atoms with Gasteiger partial charge in [0.1, 0.15) is 22.7 Å². The fourth-order valence-corrected chi connectivity index (χ4v) is 5.77. The van der Waals surface area contributed by atoms with E-state index in [1.807, 2.05) is 19.1 Å². The molecule has 1 aromatic carbocycles. The van der Waals surface area contributed by atoms with Crippen molar-refractivity contribution in [1.82, 2.24) is 25.2 Å². The van der Waals surface area contributed by atoms with Gasteiger partial charge in [-0.1, -0.05) is 6.92 Å². The van der Waals surface area contributed by atoms with Crippen LogP contribution < -0.4 is 10.1 Å². The quantitative estimate of drug-likeness (QED) is 0.443. The molecule has 4 aromatic rings. The van der Waals surface area contributed by atoms with E-state index in [9.17, 15) is 4.79 Å². The average molecular weight is 453 g/mol. The fourth-order valence-electron chi connectivity index (χ4n) is 4.39. The molecule has 0 bridgehead atoms. The summed E-state index contributed by atoms with van der Waals surface area (Å²) in [5.41, 5.74) is 2.41. The van der Waals surface area contributed by atoms with Gasteiger partial charge in [0.05, 0.1) is 42.4 Å². The lowest BCUT2D eigenvalue weighted by molar-refractivity contribution is -0.180. The van der Waals surface area contributed by atoms with E-state index in [0.717, 1.165) is 45.5 Å². The summed E-state index contributed by atoms with van der Waals surface area (Å²) in [6.07, 6.45) is 5.50. The number of fused-ring (bicyclic) bond motifs is 4. The molecule has 1 amide bonds. The van der Waals surface area contributed by atoms with Crippen molar-refractivity contribution >= 4 is 49.9 Å². The second-order valence-corrected chi connectivity index (χ2v) is 9.35. The molecule has 0 fully saturated rings. The van der Waals surface area contributed by atoms with Gasteiger partial charge in [0.2, 0.25) is 0 Å². The number of H-pyrrole nitrogens is 1. The van der Waals surface area contributed by atoms with Crippen molar-refractivity contribution in [1.29, 1.82) is 0 Å². The molecule has 0 unspecified atom stereocenters. The van der Waals surface area contributed by atoms with E-state index in [4.69, 9.17) is 9.57 Å². The van der Waals surface area contributed by atoms with Crippen molar-refractivity contribution in [2.75, 3.05) is 26.6 Å². The first-order chi connectivity index (χ1) is 15.4. The number of hydroxylamine groups is 2. The predicted molar refractivity (Wildman–Crippen MR) is 123 cm³/mol. The summed E-state index contributed by atoms with van der Waals surface area (Å²) in [5, 5.41) is 13.8. The predicted octanol–water partition coefficient (Wildman–Crippen LogP) is 3.83. The molecule has 2 N–H and O–H groups in total. The van der Waals surface area contributed by atoms with Crippen molar-refractivity contribution in [3.63, 3.8) is 0 Å². The Morgan fingerprint density at radius 1 is 1.31 bits per heavy atom. The minimum atomic E-state index is -0.505. The van der Waals surface area contributed by atoms with Crippen LogP contribution in [0.25, 0.3) is 21.1 Å². The number of carbonyl (C=O) groups is 1. The van der Waals surface area contributed by atoms with Crippen molar-refractivity contribution in [2.45, 2.75) is 26.2 Å². The molecule has 9 nitrogen and oxygen atoms in total. The third kappa shape index (κ3) is 3.26. The summed E-state index contributed by atoms with van der Waals surface area (Å²) in [4.78, 5) is 29.2. The molecule has 1 aliphatic rings. The van der Waals surface area contributed by atoms with E-state index in [2.05, 4.69) is 25.5 Å². The first-order valence-electron chi connectivity index (χ1n) is 10.3. The zero-order valence-corrected chi connectivity index (χ0v) is 19.2. The molecule has 166 valence electrons. The lowest BCUT2D eigenvalue weighted by Crippen LogP contribution is -2.42. The topological polar surface area (TPSA) is 105 Å². The van der Waals surface area contributed by atoms with E-state index in [1.165, 1.54) is 22.6 Å². The van der Waals surface area contributed by atoms with Crippen molar-refractivity contribution in [2.24, 2.45) is 5.41 Å². The zero-order valence-electron chi connectivity index (χ0n) is 18.4. The number of carbonyl (C=O) groups excluding carboxylic acids is 1. The van der Waals surface area contributed by atoms with Crippen molar-refractivity contribution < 1.29 is 14.4 Å². The highest BCUT2D eigenvalue weighted by molar-refractivity contribution is 7.19. The average Bonchev–Trinajstić information content (AvgIpc) is 3.40. The largest absolute Gasteiger partial charge is 0.494 e. The minimum absolute atomic E-state index is 0.00862. The molecule has 3 heterocycles. The number of nitrogens with one attached hydrogen (secondary N) is 2. The van der Waals surface area contributed by atoms with E-state index in [-0.39, 0.29) is 5.91 Å². The zero-order chi connectivity index (χ0) is 22.5. The summed E-state index contributed by atoms with van der Waals surface area (Å²) < 4.78 is 5.58. The van der Waals surface area contributed by atoms with Crippen LogP contribution in [-0.2, 0) is 22.5 Å². The Morgan fingerprint density at radius 2 is 2.16 bits per heavy atom. The highest BCUT2D eigenvalue weighted by atomic mass is 32.1. The molecule has 10 heteroatoms. The molecule has 1 aliphatic carbocycles. The summed E-state index contributed by atoms with van der Waals surface area (Å²) in [6.45, 7) is 2.01. The molecular weight excluding hydrogens is 428 g/mol. The summed E-state index contributed by atoms with van der Waals surface area (Å²) >= 11 is 1.63. The monoisotopic (exact) mass is 452 g/mol. The highest BCUT2D eigenvalue weighted by Crippen LogP contribution is 2.45. The number of methoxy groups -OCH3 is 1. The van der Waals surface area contributed by atoms with Crippen LogP contribution in [0, 0.1) is 5.41 Å². The van der Waals surface area contributed by atoms with E-state index < -0.39 is 5.41 Å². The van der Waals surface area contributed by atoms with Gasteiger partial charge in [-0.2, -0.15) is 5.10 Å². The number of aromatic amines is 1. The first-order valence-corrected chi connectivity index (χ1v) is 11.1. The number of thiophene rings is 1. The van der Waals surface area contributed by atoms with E-state index in [0.29, 0.717) is 12.2 Å². The number of benzene rings is 1. The maximum Gasteiger partial charge on any atom is 0.252 e. The number of rotatable bonds is 5. The number of amides is 1. The highest BCUT2D eigenvalue weighted by Gasteiger charge is 2.41. The van der Waals surface area contributed by atoms with Crippen LogP contribution in [-0.4, -0.2) is 52.4 Å². The van der Waals surface area contributed by atoms with Crippen LogP contribution in [0.5, 0.6) is 5.75 Å². The molecule has 3 aromatic heterocycles. The standard InChI is InChI=1S/C22H24N6O3S/c1-22(21(29)28(2)31-4)6-5-13-17(9-22)32-20-18(13)19(23-11-24-20)26-15-7-12-10-25-27-14(12)8-16(15)30-3/h7-8,10-11H,5-6,9H2,1-4H3,(H,25,27)(H,23,24,26)/t22-/m0/s1. The van der Waals surface area contributed by atoms with Crippen LogP contribution in [0.1, 0.15) is 23.8 Å². The van der Waals surface area contributed by atoms with Gasteiger partial charge in [-0.3, -0.25) is 14.7 Å². The molecule has 0 saturated heterocycles. The second kappa shape index (κ2) is 7.72. The molecule has 0 radical (unpaired) electrons. The van der Waals surface area contributed by atoms with Crippen LogP contribution in [0.15, 0.2) is 24.7 Å². The lowest BCUT2D eigenvalue weighted by atomic mass is 9.74. The van der Waals surface area contributed by atoms with Crippen LogP contribution >= 0.6 is 11.3 Å². The van der Waals surface area contributed by atoms with Crippen LogP contribution in [0.4, 0.5) is 11.5 Å². The Balaban J connectivity index is 1.54. The maximum atomic E-state index is 12.9. The first kappa shape index (κ1) is 20.7. The Bertz CT molecular complexity index is 1330. The molecule has 5 rings (SSSR count).